The molecular weight excluding hydrogens is 258 g/mol. The normalized spacial score (nSPS) is 25.8. The lowest BCUT2D eigenvalue weighted by atomic mass is 10.2. The second-order valence-corrected chi connectivity index (χ2v) is 6.80. The molecule has 0 saturated carbocycles. The molecule has 106 valence electrons. The standard InChI is InChI=1S/C11H21NO5S/c1-3-17-10(11(13)14)4-5-12-6-7-18(15,16)8-9(12)2/h9-10H,3-8H2,1-2H3,(H,13,14). The Labute approximate surface area is 108 Å². The first-order chi connectivity index (χ1) is 8.35. The van der Waals surface area contributed by atoms with Crippen LogP contribution in [0, 0.1) is 0 Å². The number of nitrogens with zero attached hydrogens (tertiary/aromatic N) is 1. The van der Waals surface area contributed by atoms with Gasteiger partial charge in [-0.3, -0.25) is 4.90 Å². The molecule has 0 aromatic rings. The van der Waals surface area contributed by atoms with Gasteiger partial charge >= 0.3 is 5.97 Å². The summed E-state index contributed by atoms with van der Waals surface area (Å²) in [6, 6.07) is -0.0557. The number of aliphatic carboxylic acids is 1. The quantitative estimate of drug-likeness (QED) is 0.736. The zero-order valence-electron chi connectivity index (χ0n) is 10.8. The number of hydrogen-bond donors (Lipinski definition) is 1. The molecular formula is C11H21NO5S. The van der Waals surface area contributed by atoms with Crippen molar-refractivity contribution in [3.05, 3.63) is 0 Å². The third kappa shape index (κ3) is 4.55. The molecule has 1 rings (SSSR count). The minimum atomic E-state index is -2.92. The SMILES string of the molecule is CCOC(CCN1CCS(=O)(=O)CC1C)C(=O)O. The summed E-state index contributed by atoms with van der Waals surface area (Å²) in [5.74, 6) is -0.655. The highest BCUT2D eigenvalue weighted by molar-refractivity contribution is 7.91. The number of hydrogen-bond acceptors (Lipinski definition) is 5. The Hall–Kier alpha value is -0.660. The van der Waals surface area contributed by atoms with Crippen LogP contribution in [-0.2, 0) is 19.4 Å². The van der Waals surface area contributed by atoms with Gasteiger partial charge in [-0.1, -0.05) is 0 Å². The monoisotopic (exact) mass is 279 g/mol. The lowest BCUT2D eigenvalue weighted by molar-refractivity contribution is -0.150. The van der Waals surface area contributed by atoms with E-state index in [1.807, 2.05) is 11.8 Å². The number of carbonyl (C=O) groups is 1. The molecule has 1 fully saturated rings. The van der Waals surface area contributed by atoms with Crippen LogP contribution in [0.1, 0.15) is 20.3 Å². The van der Waals surface area contributed by atoms with E-state index in [0.29, 0.717) is 26.1 Å². The Morgan fingerprint density at radius 3 is 2.72 bits per heavy atom. The molecule has 1 aliphatic rings. The molecule has 0 aliphatic carbocycles. The maximum absolute atomic E-state index is 11.4. The minimum absolute atomic E-state index is 0.0557. The summed E-state index contributed by atoms with van der Waals surface area (Å²) < 4.78 is 27.9. The lowest BCUT2D eigenvalue weighted by Crippen LogP contribution is -2.48. The average Bonchev–Trinajstić information content (AvgIpc) is 2.25. The molecule has 6 nitrogen and oxygen atoms in total. The van der Waals surface area contributed by atoms with Crippen LogP contribution in [0.25, 0.3) is 0 Å². The van der Waals surface area contributed by atoms with Crippen molar-refractivity contribution in [2.45, 2.75) is 32.4 Å². The van der Waals surface area contributed by atoms with E-state index in [0.717, 1.165) is 0 Å². The number of carboxylic acids is 1. The van der Waals surface area contributed by atoms with E-state index >= 15 is 0 Å². The van der Waals surface area contributed by atoms with E-state index in [1.165, 1.54) is 0 Å². The van der Waals surface area contributed by atoms with E-state index in [2.05, 4.69) is 0 Å². The summed E-state index contributed by atoms with van der Waals surface area (Å²) in [4.78, 5) is 12.9. The first kappa shape index (κ1) is 15.4. The van der Waals surface area contributed by atoms with Crippen LogP contribution in [0.2, 0.25) is 0 Å². The Morgan fingerprint density at radius 2 is 2.22 bits per heavy atom. The van der Waals surface area contributed by atoms with Crippen molar-refractivity contribution < 1.29 is 23.1 Å². The zero-order valence-corrected chi connectivity index (χ0v) is 11.6. The molecule has 2 unspecified atom stereocenters. The fourth-order valence-corrected chi connectivity index (χ4v) is 3.75. The zero-order chi connectivity index (χ0) is 13.8. The van der Waals surface area contributed by atoms with E-state index in [4.69, 9.17) is 9.84 Å². The van der Waals surface area contributed by atoms with Gasteiger partial charge in [0.25, 0.3) is 0 Å². The number of rotatable bonds is 6. The molecule has 1 saturated heterocycles. The van der Waals surface area contributed by atoms with Gasteiger partial charge in [0.05, 0.1) is 11.5 Å². The van der Waals surface area contributed by atoms with Gasteiger partial charge in [-0.25, -0.2) is 13.2 Å². The maximum atomic E-state index is 11.4. The van der Waals surface area contributed by atoms with Crippen molar-refractivity contribution >= 4 is 15.8 Å². The minimum Gasteiger partial charge on any atom is -0.479 e. The Kier molecular flexibility index (Phi) is 5.55. The topological polar surface area (TPSA) is 83.9 Å². The van der Waals surface area contributed by atoms with E-state index in [9.17, 15) is 13.2 Å². The second kappa shape index (κ2) is 6.49. The lowest BCUT2D eigenvalue weighted by Gasteiger charge is -2.33. The predicted molar refractivity (Wildman–Crippen MR) is 67.4 cm³/mol. The number of ether oxygens (including phenoxy) is 1. The molecule has 0 aromatic heterocycles. The van der Waals surface area contributed by atoms with Crippen molar-refractivity contribution in [3.8, 4) is 0 Å². The molecule has 1 heterocycles. The molecule has 0 bridgehead atoms. The van der Waals surface area contributed by atoms with E-state index in [1.54, 1.807) is 6.92 Å². The van der Waals surface area contributed by atoms with Gasteiger partial charge in [-0.2, -0.15) is 0 Å². The Bertz CT molecular complexity index is 381. The summed E-state index contributed by atoms with van der Waals surface area (Å²) in [7, 11) is -2.92. The molecule has 0 amide bonds. The largest absolute Gasteiger partial charge is 0.479 e. The van der Waals surface area contributed by atoms with Crippen LogP contribution in [0.3, 0.4) is 0 Å². The first-order valence-electron chi connectivity index (χ1n) is 6.14. The summed E-state index contributed by atoms with van der Waals surface area (Å²) in [6.07, 6.45) is -0.422. The van der Waals surface area contributed by atoms with E-state index < -0.39 is 21.9 Å². The van der Waals surface area contributed by atoms with Crippen molar-refractivity contribution in [1.82, 2.24) is 4.90 Å². The summed E-state index contributed by atoms with van der Waals surface area (Å²) in [5.41, 5.74) is 0. The molecule has 18 heavy (non-hydrogen) atoms. The number of sulfone groups is 1. The molecule has 1 aliphatic heterocycles. The van der Waals surface area contributed by atoms with Crippen LogP contribution in [0.5, 0.6) is 0 Å². The average molecular weight is 279 g/mol. The summed E-state index contributed by atoms with van der Waals surface area (Å²) in [6.45, 7) is 5.00. The summed E-state index contributed by atoms with van der Waals surface area (Å²) in [5, 5.41) is 8.94. The first-order valence-corrected chi connectivity index (χ1v) is 7.96. The highest BCUT2D eigenvalue weighted by Gasteiger charge is 2.29. The Balaban J connectivity index is 2.46. The van der Waals surface area contributed by atoms with Gasteiger partial charge < -0.3 is 9.84 Å². The number of carboxylic acid groups (broad SMARTS) is 1. The predicted octanol–water partition coefficient (Wildman–Crippen LogP) is -0.0149. The molecule has 0 aromatic carbocycles. The van der Waals surface area contributed by atoms with Crippen LogP contribution in [0.15, 0.2) is 0 Å². The van der Waals surface area contributed by atoms with Crippen molar-refractivity contribution in [2.75, 3.05) is 31.2 Å². The smallest absolute Gasteiger partial charge is 0.332 e. The fraction of sp³-hybridized carbons (Fsp3) is 0.909. The fourth-order valence-electron chi connectivity index (χ4n) is 2.13. The molecule has 1 N–H and O–H groups in total. The summed E-state index contributed by atoms with van der Waals surface area (Å²) >= 11 is 0. The van der Waals surface area contributed by atoms with Gasteiger partial charge in [-0.15, -0.1) is 0 Å². The highest BCUT2D eigenvalue weighted by Crippen LogP contribution is 2.13. The van der Waals surface area contributed by atoms with E-state index in [-0.39, 0.29) is 17.5 Å². The van der Waals surface area contributed by atoms with Crippen molar-refractivity contribution in [1.29, 1.82) is 0 Å². The van der Waals surface area contributed by atoms with Crippen molar-refractivity contribution in [2.24, 2.45) is 0 Å². The van der Waals surface area contributed by atoms with Crippen LogP contribution in [0.4, 0.5) is 0 Å². The molecule has 0 radical (unpaired) electrons. The third-order valence-electron chi connectivity index (χ3n) is 3.13. The van der Waals surface area contributed by atoms with Gasteiger partial charge in [0.2, 0.25) is 0 Å². The highest BCUT2D eigenvalue weighted by atomic mass is 32.2. The van der Waals surface area contributed by atoms with Crippen LogP contribution < -0.4 is 0 Å². The second-order valence-electron chi connectivity index (χ2n) is 4.57. The molecule has 7 heteroatoms. The molecule has 0 spiro atoms. The Morgan fingerprint density at radius 1 is 1.56 bits per heavy atom. The maximum Gasteiger partial charge on any atom is 0.332 e. The van der Waals surface area contributed by atoms with Crippen molar-refractivity contribution in [3.63, 3.8) is 0 Å². The van der Waals surface area contributed by atoms with Gasteiger partial charge in [0.1, 0.15) is 0 Å². The van der Waals surface area contributed by atoms with Gasteiger partial charge in [0, 0.05) is 25.7 Å². The van der Waals surface area contributed by atoms with Gasteiger partial charge in [-0.05, 0) is 20.3 Å². The van der Waals surface area contributed by atoms with Crippen LogP contribution in [-0.4, -0.2) is 67.7 Å². The van der Waals surface area contributed by atoms with Crippen LogP contribution >= 0.6 is 0 Å². The third-order valence-corrected chi connectivity index (χ3v) is 4.92. The van der Waals surface area contributed by atoms with Gasteiger partial charge in [0.15, 0.2) is 15.9 Å². The molecule has 2 atom stereocenters.